The first-order valence-corrected chi connectivity index (χ1v) is 7.98. The lowest BCUT2D eigenvalue weighted by molar-refractivity contribution is 0.0996. The summed E-state index contributed by atoms with van der Waals surface area (Å²) >= 11 is 1.09. The molecule has 0 aliphatic carbocycles. The van der Waals surface area contributed by atoms with Crippen molar-refractivity contribution in [3.8, 4) is 22.9 Å². The van der Waals surface area contributed by atoms with Gasteiger partial charge in [0.2, 0.25) is 5.13 Å². The maximum Gasteiger partial charge on any atom is 0.293 e. The van der Waals surface area contributed by atoms with Gasteiger partial charge in [-0.1, -0.05) is 0 Å². The molecule has 24 heavy (non-hydrogen) atoms. The second-order valence-electron chi connectivity index (χ2n) is 4.65. The summed E-state index contributed by atoms with van der Waals surface area (Å²) in [6.07, 6.45) is 1.44. The molecule has 2 aromatic heterocycles. The maximum atomic E-state index is 11.9. The Balaban J connectivity index is 1.79. The number of anilines is 1. The average Bonchev–Trinajstić information content (AvgIpc) is 3.27. The summed E-state index contributed by atoms with van der Waals surface area (Å²) in [6.45, 7) is 2.46. The molecule has 0 atom stereocenters. The number of hydrogen-bond acceptors (Lipinski definition) is 7. The minimum absolute atomic E-state index is 0.217. The van der Waals surface area contributed by atoms with Crippen LogP contribution in [0.4, 0.5) is 5.13 Å². The number of carbonyl (C=O) groups excluding carboxylic acids is 1. The molecular weight excluding hydrogens is 330 g/mol. The Morgan fingerprint density at radius 3 is 2.92 bits per heavy atom. The molecule has 0 aliphatic heterocycles. The summed E-state index contributed by atoms with van der Waals surface area (Å²) in [4.78, 5) is 16.3. The molecule has 7 nitrogen and oxygen atoms in total. The molecule has 8 heteroatoms. The lowest BCUT2D eigenvalue weighted by Crippen LogP contribution is -2.10. The molecule has 0 unspecified atom stereocenters. The van der Waals surface area contributed by atoms with Crippen molar-refractivity contribution in [3.05, 3.63) is 42.4 Å². The highest BCUT2D eigenvalue weighted by molar-refractivity contribution is 7.10. The molecular formula is C16H15N3O4S. The number of carbonyl (C=O) groups is 1. The number of rotatable bonds is 6. The molecule has 0 saturated heterocycles. The molecule has 0 spiro atoms. The third kappa shape index (κ3) is 3.38. The molecule has 0 saturated carbocycles. The van der Waals surface area contributed by atoms with E-state index < -0.39 is 0 Å². The highest BCUT2D eigenvalue weighted by Gasteiger charge is 2.14. The number of benzene rings is 1. The Morgan fingerprint density at radius 2 is 2.21 bits per heavy atom. The topological polar surface area (TPSA) is 86.5 Å². The smallest absolute Gasteiger partial charge is 0.293 e. The zero-order valence-electron chi connectivity index (χ0n) is 13.1. The minimum atomic E-state index is -0.369. The quantitative estimate of drug-likeness (QED) is 0.736. The van der Waals surface area contributed by atoms with E-state index in [0.29, 0.717) is 29.1 Å². The van der Waals surface area contributed by atoms with E-state index in [1.165, 1.54) is 6.26 Å². The van der Waals surface area contributed by atoms with Crippen molar-refractivity contribution in [1.29, 1.82) is 0 Å². The van der Waals surface area contributed by atoms with E-state index in [2.05, 4.69) is 14.7 Å². The van der Waals surface area contributed by atoms with Crippen LogP contribution in [0.25, 0.3) is 11.4 Å². The summed E-state index contributed by atoms with van der Waals surface area (Å²) in [5.41, 5.74) is 0.769. The van der Waals surface area contributed by atoms with Crippen LogP contribution in [0, 0.1) is 0 Å². The predicted octanol–water partition coefficient (Wildman–Crippen LogP) is 3.46. The van der Waals surface area contributed by atoms with Gasteiger partial charge in [-0.25, -0.2) is 0 Å². The van der Waals surface area contributed by atoms with Crippen LogP contribution in [-0.4, -0.2) is 29.0 Å². The predicted molar refractivity (Wildman–Crippen MR) is 89.7 cm³/mol. The SMILES string of the molecule is CCOc1ccc(-c2nsc(NC(=O)c3ccco3)n2)cc1OC. The van der Waals surface area contributed by atoms with E-state index in [4.69, 9.17) is 13.9 Å². The number of nitrogens with zero attached hydrogens (tertiary/aromatic N) is 2. The molecule has 3 aromatic rings. The van der Waals surface area contributed by atoms with Crippen LogP contribution in [0.15, 0.2) is 41.0 Å². The molecule has 1 amide bonds. The van der Waals surface area contributed by atoms with Crippen LogP contribution in [0.3, 0.4) is 0 Å². The van der Waals surface area contributed by atoms with Crippen LogP contribution in [0.5, 0.6) is 11.5 Å². The molecule has 1 N–H and O–H groups in total. The third-order valence-corrected chi connectivity index (χ3v) is 3.74. The fourth-order valence-electron chi connectivity index (χ4n) is 2.04. The average molecular weight is 345 g/mol. The van der Waals surface area contributed by atoms with Gasteiger partial charge < -0.3 is 13.9 Å². The fourth-order valence-corrected chi connectivity index (χ4v) is 2.62. The summed E-state index contributed by atoms with van der Waals surface area (Å²) in [7, 11) is 1.57. The lowest BCUT2D eigenvalue weighted by atomic mass is 10.2. The lowest BCUT2D eigenvalue weighted by Gasteiger charge is -2.09. The normalized spacial score (nSPS) is 10.4. The van der Waals surface area contributed by atoms with Crippen LogP contribution in [-0.2, 0) is 0 Å². The first-order valence-electron chi connectivity index (χ1n) is 7.21. The Hall–Kier alpha value is -2.87. The second-order valence-corrected chi connectivity index (χ2v) is 5.41. The van der Waals surface area contributed by atoms with Gasteiger partial charge in [0.15, 0.2) is 23.1 Å². The van der Waals surface area contributed by atoms with Crippen molar-refractivity contribution in [1.82, 2.24) is 9.36 Å². The number of nitrogens with one attached hydrogen (secondary N) is 1. The van der Waals surface area contributed by atoms with Crippen molar-refractivity contribution in [2.24, 2.45) is 0 Å². The van der Waals surface area contributed by atoms with Gasteiger partial charge in [-0.2, -0.15) is 9.36 Å². The molecule has 124 valence electrons. The molecule has 1 aromatic carbocycles. The van der Waals surface area contributed by atoms with Crippen molar-refractivity contribution in [3.63, 3.8) is 0 Å². The van der Waals surface area contributed by atoms with Crippen molar-refractivity contribution in [2.45, 2.75) is 6.92 Å². The first-order chi connectivity index (χ1) is 11.7. The Labute approximate surface area is 142 Å². The maximum absolute atomic E-state index is 11.9. The van der Waals surface area contributed by atoms with Crippen molar-refractivity contribution >= 4 is 22.6 Å². The van der Waals surface area contributed by atoms with Gasteiger partial charge in [-0.15, -0.1) is 0 Å². The summed E-state index contributed by atoms with van der Waals surface area (Å²) in [5, 5.41) is 3.04. The van der Waals surface area contributed by atoms with Gasteiger partial charge in [0.25, 0.3) is 5.91 Å². The summed E-state index contributed by atoms with van der Waals surface area (Å²) < 4.78 is 20.1. The zero-order chi connectivity index (χ0) is 16.9. The van der Waals surface area contributed by atoms with Gasteiger partial charge in [0.1, 0.15) is 0 Å². The summed E-state index contributed by atoms with van der Waals surface area (Å²) in [5.74, 6) is 1.60. The highest BCUT2D eigenvalue weighted by Crippen LogP contribution is 2.32. The number of methoxy groups -OCH3 is 1. The van der Waals surface area contributed by atoms with E-state index in [9.17, 15) is 4.79 Å². The first kappa shape index (κ1) is 16.0. The van der Waals surface area contributed by atoms with Gasteiger partial charge >= 0.3 is 0 Å². The molecule has 0 bridgehead atoms. The standard InChI is InChI=1S/C16H15N3O4S/c1-3-22-11-7-6-10(9-13(11)21-2)14-17-16(24-19-14)18-15(20)12-5-4-8-23-12/h4-9H,3H2,1-2H3,(H,17,18,19,20). The number of amides is 1. The number of furan rings is 1. The largest absolute Gasteiger partial charge is 0.493 e. The van der Waals surface area contributed by atoms with Gasteiger partial charge in [-0.3, -0.25) is 10.1 Å². The zero-order valence-corrected chi connectivity index (χ0v) is 13.9. The van der Waals surface area contributed by atoms with E-state index >= 15 is 0 Å². The van der Waals surface area contributed by atoms with Gasteiger partial charge in [0.05, 0.1) is 20.0 Å². The van der Waals surface area contributed by atoms with Gasteiger partial charge in [0, 0.05) is 17.1 Å². The molecule has 0 fully saturated rings. The van der Waals surface area contributed by atoms with Crippen molar-refractivity contribution in [2.75, 3.05) is 19.0 Å². The van der Waals surface area contributed by atoms with Gasteiger partial charge in [-0.05, 0) is 37.3 Å². The summed E-state index contributed by atoms with van der Waals surface area (Å²) in [6, 6.07) is 8.67. The Morgan fingerprint density at radius 1 is 1.33 bits per heavy atom. The van der Waals surface area contributed by atoms with Crippen LogP contribution >= 0.6 is 11.5 Å². The number of aromatic nitrogens is 2. The minimum Gasteiger partial charge on any atom is -0.493 e. The fraction of sp³-hybridized carbons (Fsp3) is 0.188. The van der Waals surface area contributed by atoms with Crippen LogP contribution < -0.4 is 14.8 Å². The molecule has 0 radical (unpaired) electrons. The molecule has 3 rings (SSSR count). The third-order valence-electron chi connectivity index (χ3n) is 3.11. The van der Waals surface area contributed by atoms with E-state index in [0.717, 1.165) is 17.1 Å². The Bertz CT molecular complexity index is 830. The van der Waals surface area contributed by atoms with Crippen LogP contribution in [0.1, 0.15) is 17.5 Å². The molecule has 2 heterocycles. The van der Waals surface area contributed by atoms with E-state index in [1.807, 2.05) is 13.0 Å². The number of ether oxygens (including phenoxy) is 2. The van der Waals surface area contributed by atoms with E-state index in [1.54, 1.807) is 31.4 Å². The van der Waals surface area contributed by atoms with Crippen LogP contribution in [0.2, 0.25) is 0 Å². The Kier molecular flexibility index (Phi) is 4.76. The molecule has 0 aliphatic rings. The highest BCUT2D eigenvalue weighted by atomic mass is 32.1. The van der Waals surface area contributed by atoms with Crippen molar-refractivity contribution < 1.29 is 18.7 Å². The second kappa shape index (κ2) is 7.14. The monoisotopic (exact) mass is 345 g/mol. The number of hydrogen-bond donors (Lipinski definition) is 1. The van der Waals surface area contributed by atoms with E-state index in [-0.39, 0.29) is 11.7 Å².